The Morgan fingerprint density at radius 2 is 1.91 bits per heavy atom. The summed E-state index contributed by atoms with van der Waals surface area (Å²) in [5.74, 6) is 0.594. The predicted molar refractivity (Wildman–Crippen MR) is 98.9 cm³/mol. The van der Waals surface area contributed by atoms with E-state index >= 15 is 0 Å². The normalized spacial score (nSPS) is 10.8. The highest BCUT2D eigenvalue weighted by molar-refractivity contribution is 9.10. The lowest BCUT2D eigenvalue weighted by Gasteiger charge is -2.10. The molecule has 0 bridgehead atoms. The molecule has 1 N–H and O–H groups in total. The van der Waals surface area contributed by atoms with Gasteiger partial charge in [0, 0.05) is 21.8 Å². The van der Waals surface area contributed by atoms with E-state index in [1.165, 1.54) is 6.08 Å². The number of benzene rings is 2. The van der Waals surface area contributed by atoms with E-state index in [2.05, 4.69) is 21.2 Å². The number of hydrogen-bond acceptors (Lipinski definition) is 2. The molecule has 1 amide bonds. The number of nitrogens with one attached hydrogen (secondary N) is 1. The first-order valence-electron chi connectivity index (χ1n) is 7.49. The number of rotatable bonds is 5. The molecule has 0 spiro atoms. The Morgan fingerprint density at radius 3 is 2.57 bits per heavy atom. The van der Waals surface area contributed by atoms with Crippen molar-refractivity contribution in [3.05, 3.63) is 63.6 Å². The summed E-state index contributed by atoms with van der Waals surface area (Å²) >= 11 is 3.44. The van der Waals surface area contributed by atoms with Gasteiger partial charge in [0.2, 0.25) is 5.91 Å². The van der Waals surface area contributed by atoms with Gasteiger partial charge in [-0.15, -0.1) is 0 Å². The fraction of sp³-hybridized carbons (Fsp3) is 0.211. The van der Waals surface area contributed by atoms with Crippen molar-refractivity contribution in [1.29, 1.82) is 0 Å². The number of anilines is 1. The highest BCUT2D eigenvalue weighted by atomic mass is 79.9. The molecule has 0 heterocycles. The molecule has 0 aliphatic carbocycles. The van der Waals surface area contributed by atoms with Crippen LogP contribution in [0.3, 0.4) is 0 Å². The van der Waals surface area contributed by atoms with Gasteiger partial charge in [-0.2, -0.15) is 0 Å². The second-order valence-corrected chi connectivity index (χ2v) is 6.12. The molecule has 2 rings (SSSR count). The van der Waals surface area contributed by atoms with Crippen LogP contribution in [0.4, 0.5) is 5.69 Å². The van der Waals surface area contributed by atoms with Gasteiger partial charge in [-0.1, -0.05) is 34.1 Å². The van der Waals surface area contributed by atoms with Crippen molar-refractivity contribution in [2.45, 2.75) is 20.8 Å². The van der Waals surface area contributed by atoms with E-state index in [1.54, 1.807) is 6.08 Å². The second kappa shape index (κ2) is 7.97. The van der Waals surface area contributed by atoms with Crippen LogP contribution in [-0.4, -0.2) is 12.5 Å². The van der Waals surface area contributed by atoms with Crippen molar-refractivity contribution in [3.8, 4) is 5.75 Å². The lowest BCUT2D eigenvalue weighted by Crippen LogP contribution is -2.10. The molecule has 3 nitrogen and oxygen atoms in total. The number of halogens is 1. The van der Waals surface area contributed by atoms with Crippen LogP contribution in [0.1, 0.15) is 23.6 Å². The molecule has 0 saturated heterocycles. The van der Waals surface area contributed by atoms with Crippen LogP contribution in [0.15, 0.2) is 46.9 Å². The number of aryl methyl sites for hydroxylation is 2. The van der Waals surface area contributed by atoms with Gasteiger partial charge in [0.15, 0.2) is 0 Å². The first-order valence-corrected chi connectivity index (χ1v) is 8.28. The summed E-state index contributed by atoms with van der Waals surface area (Å²) in [7, 11) is 0. The number of para-hydroxylation sites is 1. The minimum Gasteiger partial charge on any atom is -0.493 e. The van der Waals surface area contributed by atoms with Crippen molar-refractivity contribution >= 4 is 33.6 Å². The Kier molecular flexibility index (Phi) is 5.99. The summed E-state index contributed by atoms with van der Waals surface area (Å²) < 4.78 is 6.52. The van der Waals surface area contributed by atoms with Crippen LogP contribution < -0.4 is 10.1 Å². The Hall–Kier alpha value is -2.07. The van der Waals surface area contributed by atoms with Crippen LogP contribution in [-0.2, 0) is 4.79 Å². The van der Waals surface area contributed by atoms with Crippen LogP contribution in [0.2, 0.25) is 0 Å². The molecular formula is C19H20BrNO2. The lowest BCUT2D eigenvalue weighted by molar-refractivity contribution is -0.111. The van der Waals surface area contributed by atoms with Gasteiger partial charge in [0.1, 0.15) is 5.75 Å². The SMILES string of the molecule is CCOc1ccc(Br)cc1/C=C/C(=O)Nc1c(C)cccc1C. The van der Waals surface area contributed by atoms with Crippen LogP contribution in [0, 0.1) is 13.8 Å². The monoisotopic (exact) mass is 373 g/mol. The van der Waals surface area contributed by atoms with E-state index < -0.39 is 0 Å². The summed E-state index contributed by atoms with van der Waals surface area (Å²) in [4.78, 5) is 12.2. The molecule has 2 aromatic rings. The number of carbonyl (C=O) groups excluding carboxylic acids is 1. The van der Waals surface area contributed by atoms with Crippen LogP contribution in [0.25, 0.3) is 6.08 Å². The second-order valence-electron chi connectivity index (χ2n) is 5.20. The maximum absolute atomic E-state index is 12.2. The van der Waals surface area contributed by atoms with Crippen molar-refractivity contribution in [2.75, 3.05) is 11.9 Å². The van der Waals surface area contributed by atoms with E-state index in [-0.39, 0.29) is 5.91 Å². The van der Waals surface area contributed by atoms with E-state index in [0.717, 1.165) is 32.6 Å². The van der Waals surface area contributed by atoms with Crippen LogP contribution >= 0.6 is 15.9 Å². The molecule has 0 radical (unpaired) electrons. The first-order chi connectivity index (χ1) is 11.0. The van der Waals surface area contributed by atoms with Crippen molar-refractivity contribution < 1.29 is 9.53 Å². The largest absolute Gasteiger partial charge is 0.493 e. The molecule has 0 fully saturated rings. The summed E-state index contributed by atoms with van der Waals surface area (Å²) in [6, 6.07) is 11.7. The Morgan fingerprint density at radius 1 is 1.22 bits per heavy atom. The Balaban J connectivity index is 2.17. The molecule has 0 aliphatic rings. The third-order valence-corrected chi connectivity index (χ3v) is 3.91. The number of amides is 1. The molecule has 0 atom stereocenters. The van der Waals surface area contributed by atoms with Gasteiger partial charge in [-0.25, -0.2) is 0 Å². The summed E-state index contributed by atoms with van der Waals surface area (Å²) in [5.41, 5.74) is 3.81. The molecule has 0 aromatic heterocycles. The summed E-state index contributed by atoms with van der Waals surface area (Å²) in [6.45, 7) is 6.47. The number of hydrogen-bond donors (Lipinski definition) is 1. The van der Waals surface area contributed by atoms with E-state index in [4.69, 9.17) is 4.74 Å². The molecule has 0 saturated carbocycles. The zero-order valence-electron chi connectivity index (χ0n) is 13.5. The highest BCUT2D eigenvalue weighted by Crippen LogP contribution is 2.25. The molecule has 4 heteroatoms. The van der Waals surface area contributed by atoms with E-state index in [0.29, 0.717) is 6.61 Å². The fourth-order valence-corrected chi connectivity index (χ4v) is 2.66. The molecule has 23 heavy (non-hydrogen) atoms. The Labute approximate surface area is 145 Å². The van der Waals surface area contributed by atoms with Gasteiger partial charge >= 0.3 is 0 Å². The van der Waals surface area contributed by atoms with Gasteiger partial charge in [0.05, 0.1) is 6.61 Å². The third-order valence-electron chi connectivity index (χ3n) is 3.42. The summed E-state index contributed by atoms with van der Waals surface area (Å²) in [5, 5.41) is 2.94. The quantitative estimate of drug-likeness (QED) is 0.738. The zero-order chi connectivity index (χ0) is 16.8. The average Bonchev–Trinajstić information content (AvgIpc) is 2.51. The summed E-state index contributed by atoms with van der Waals surface area (Å²) in [6.07, 6.45) is 3.29. The third kappa shape index (κ3) is 4.70. The van der Waals surface area contributed by atoms with Crippen molar-refractivity contribution in [2.24, 2.45) is 0 Å². The van der Waals surface area contributed by atoms with Gasteiger partial charge in [-0.3, -0.25) is 4.79 Å². The smallest absolute Gasteiger partial charge is 0.248 e. The predicted octanol–water partition coefficient (Wildman–Crippen LogP) is 5.12. The number of ether oxygens (including phenoxy) is 1. The zero-order valence-corrected chi connectivity index (χ0v) is 15.1. The van der Waals surface area contributed by atoms with Crippen molar-refractivity contribution in [3.63, 3.8) is 0 Å². The van der Waals surface area contributed by atoms with Crippen molar-refractivity contribution in [1.82, 2.24) is 0 Å². The van der Waals surface area contributed by atoms with Crippen LogP contribution in [0.5, 0.6) is 5.75 Å². The Bertz CT molecular complexity index is 718. The first kappa shape index (κ1) is 17.3. The number of carbonyl (C=O) groups is 1. The van der Waals surface area contributed by atoms with Gasteiger partial charge in [-0.05, 0) is 56.2 Å². The van der Waals surface area contributed by atoms with E-state index in [1.807, 2.05) is 57.2 Å². The molecule has 0 unspecified atom stereocenters. The van der Waals surface area contributed by atoms with E-state index in [9.17, 15) is 4.79 Å². The fourth-order valence-electron chi connectivity index (χ4n) is 2.28. The minimum atomic E-state index is -0.162. The molecule has 0 aliphatic heterocycles. The maximum atomic E-state index is 12.2. The molecule has 2 aromatic carbocycles. The maximum Gasteiger partial charge on any atom is 0.248 e. The van der Waals surface area contributed by atoms with Gasteiger partial charge in [0.25, 0.3) is 0 Å². The molecular weight excluding hydrogens is 354 g/mol. The lowest BCUT2D eigenvalue weighted by atomic mass is 10.1. The molecule has 120 valence electrons. The topological polar surface area (TPSA) is 38.3 Å². The average molecular weight is 374 g/mol. The van der Waals surface area contributed by atoms with Gasteiger partial charge < -0.3 is 10.1 Å². The standard InChI is InChI=1S/C19H20BrNO2/c1-4-23-17-10-9-16(20)12-15(17)8-11-18(22)21-19-13(2)6-5-7-14(19)3/h5-12H,4H2,1-3H3,(H,21,22)/b11-8+. The minimum absolute atomic E-state index is 0.162. The highest BCUT2D eigenvalue weighted by Gasteiger charge is 2.06.